The van der Waals surface area contributed by atoms with E-state index in [2.05, 4.69) is 10.0 Å². The minimum Gasteiger partial charge on any atom is -0.377 e. The lowest BCUT2D eigenvalue weighted by molar-refractivity contribution is 0.00400. The molecular weight excluding hydrogens is 316 g/mol. The van der Waals surface area contributed by atoms with Gasteiger partial charge in [-0.3, -0.25) is 0 Å². The summed E-state index contributed by atoms with van der Waals surface area (Å²) in [7, 11) is -1.79. The van der Waals surface area contributed by atoms with Crippen molar-refractivity contribution < 1.29 is 13.2 Å². The molecule has 0 spiro atoms. The van der Waals surface area contributed by atoms with E-state index in [-0.39, 0.29) is 12.1 Å². The van der Waals surface area contributed by atoms with E-state index in [1.807, 2.05) is 41.5 Å². The Balaban J connectivity index is 5.61. The number of ether oxygens (including phenoxy) is 1. The van der Waals surface area contributed by atoms with Gasteiger partial charge in [-0.15, -0.1) is 0 Å². The predicted octanol–water partition coefficient (Wildman–Crippen LogP) is 3.57. The molecule has 0 saturated heterocycles. The zero-order valence-electron chi connectivity index (χ0n) is 15.7. The Hall–Kier alpha value is -0.820. The first-order valence-electron chi connectivity index (χ1n) is 7.90. The van der Waals surface area contributed by atoms with Crippen LogP contribution in [-0.4, -0.2) is 50.3 Å². The average Bonchev–Trinajstić information content (AvgIpc) is 2.36. The summed E-state index contributed by atoms with van der Waals surface area (Å²) in [6.45, 7) is 12.0. The van der Waals surface area contributed by atoms with Gasteiger partial charge >= 0.3 is 0 Å². The Morgan fingerprint density at radius 3 is 2.17 bits per heavy atom. The molecule has 0 aliphatic rings. The molecule has 2 atom stereocenters. The van der Waals surface area contributed by atoms with Crippen molar-refractivity contribution in [2.75, 3.05) is 19.9 Å². The highest BCUT2D eigenvalue weighted by molar-refractivity contribution is 7.88. The minimum absolute atomic E-state index is 0.0101. The Labute approximate surface area is 141 Å². The molecule has 8 heteroatoms. The van der Waals surface area contributed by atoms with Gasteiger partial charge in [0.1, 0.15) is 0 Å². The van der Waals surface area contributed by atoms with E-state index in [0.717, 1.165) is 0 Å². The molecule has 136 valence electrons. The smallest absolute Gasteiger partial charge is 0.211 e. The molecule has 0 fully saturated rings. The average molecular weight is 349 g/mol. The number of sulfonamides is 1. The molecule has 0 radical (unpaired) electrons. The van der Waals surface area contributed by atoms with Gasteiger partial charge in [0, 0.05) is 17.5 Å². The van der Waals surface area contributed by atoms with Gasteiger partial charge in [0.15, 0.2) is 0 Å². The van der Waals surface area contributed by atoms with Gasteiger partial charge < -0.3 is 4.74 Å². The lowest BCUT2D eigenvalue weighted by Gasteiger charge is -2.43. The van der Waals surface area contributed by atoms with E-state index < -0.39 is 21.0 Å². The van der Waals surface area contributed by atoms with Crippen LogP contribution >= 0.6 is 0 Å². The first-order chi connectivity index (χ1) is 10.3. The monoisotopic (exact) mass is 348 g/mol. The molecule has 0 aliphatic carbocycles. The maximum Gasteiger partial charge on any atom is 0.211 e. The summed E-state index contributed by atoms with van der Waals surface area (Å²) in [6.07, 6.45) is 2.45. The molecule has 0 heterocycles. The van der Waals surface area contributed by atoms with Crippen molar-refractivity contribution in [2.45, 2.75) is 72.1 Å². The predicted molar refractivity (Wildman–Crippen MR) is 93.7 cm³/mol. The van der Waals surface area contributed by atoms with Gasteiger partial charge in [-0.1, -0.05) is 32.8 Å². The van der Waals surface area contributed by atoms with E-state index in [1.54, 1.807) is 7.05 Å². The van der Waals surface area contributed by atoms with Crippen molar-refractivity contribution in [3.63, 3.8) is 0 Å². The Morgan fingerprint density at radius 1 is 1.30 bits per heavy atom. The molecule has 0 aromatic rings. The molecule has 23 heavy (non-hydrogen) atoms. The summed E-state index contributed by atoms with van der Waals surface area (Å²) >= 11 is 0. The van der Waals surface area contributed by atoms with Crippen molar-refractivity contribution in [1.29, 1.82) is 0 Å². The van der Waals surface area contributed by atoms with E-state index in [9.17, 15) is 8.42 Å². The summed E-state index contributed by atoms with van der Waals surface area (Å²) in [5.41, 5.74) is 7.82. The first kappa shape index (κ1) is 22.2. The zero-order valence-corrected chi connectivity index (χ0v) is 16.5. The first-order valence-corrected chi connectivity index (χ1v) is 9.75. The summed E-state index contributed by atoms with van der Waals surface area (Å²) in [4.78, 5) is 2.95. The molecule has 0 saturated carbocycles. The highest BCUT2D eigenvalue weighted by atomic mass is 32.2. The fourth-order valence-electron chi connectivity index (χ4n) is 2.78. The second-order valence-electron chi connectivity index (χ2n) is 7.38. The highest BCUT2D eigenvalue weighted by Crippen LogP contribution is 2.38. The number of azide groups is 1. The lowest BCUT2D eigenvalue weighted by Crippen LogP contribution is -2.51. The van der Waals surface area contributed by atoms with Crippen molar-refractivity contribution in [3.05, 3.63) is 10.4 Å². The van der Waals surface area contributed by atoms with Crippen molar-refractivity contribution in [1.82, 2.24) is 4.31 Å². The van der Waals surface area contributed by atoms with Crippen LogP contribution in [0.5, 0.6) is 0 Å². The second kappa shape index (κ2) is 8.33. The van der Waals surface area contributed by atoms with E-state index in [0.29, 0.717) is 19.4 Å². The fraction of sp³-hybridized carbons (Fsp3) is 1.00. The third-order valence-electron chi connectivity index (χ3n) is 4.34. The minimum atomic E-state index is -3.36. The van der Waals surface area contributed by atoms with Gasteiger partial charge in [-0.25, -0.2) is 8.42 Å². The Morgan fingerprint density at radius 2 is 1.83 bits per heavy atom. The molecule has 0 rings (SSSR count). The number of hydrogen-bond acceptors (Lipinski definition) is 4. The van der Waals surface area contributed by atoms with Crippen LogP contribution in [0.15, 0.2) is 5.11 Å². The van der Waals surface area contributed by atoms with Gasteiger partial charge in [0.05, 0.1) is 25.0 Å². The van der Waals surface area contributed by atoms with E-state index in [4.69, 9.17) is 10.3 Å². The standard InChI is InChI=1S/C15H32N4O3S/c1-9-15(6,17-18-16)11-14(4,5)13(10-22-12(2)3)19(7)23(8,20)21/h12-13H,9-11H2,1-8H3. The number of rotatable bonds is 10. The van der Waals surface area contributed by atoms with Gasteiger partial charge in [-0.05, 0) is 37.6 Å². The van der Waals surface area contributed by atoms with Crippen LogP contribution in [0.4, 0.5) is 0 Å². The van der Waals surface area contributed by atoms with Crippen LogP contribution in [0.3, 0.4) is 0 Å². The second-order valence-corrected chi connectivity index (χ2v) is 9.42. The van der Waals surface area contributed by atoms with Gasteiger partial charge in [-0.2, -0.15) is 4.31 Å². The molecule has 7 nitrogen and oxygen atoms in total. The molecule has 0 aromatic carbocycles. The summed E-state index contributed by atoms with van der Waals surface area (Å²) in [6, 6.07) is -0.348. The largest absolute Gasteiger partial charge is 0.377 e. The van der Waals surface area contributed by atoms with E-state index >= 15 is 0 Å². The number of hydrogen-bond donors (Lipinski definition) is 0. The summed E-state index contributed by atoms with van der Waals surface area (Å²) < 4.78 is 31.1. The lowest BCUT2D eigenvalue weighted by atomic mass is 9.73. The molecule has 0 amide bonds. The van der Waals surface area contributed by atoms with Crippen LogP contribution in [0, 0.1) is 5.41 Å². The summed E-state index contributed by atoms with van der Waals surface area (Å²) in [5.74, 6) is 0. The molecule has 0 bridgehead atoms. The maximum atomic E-state index is 12.0. The van der Waals surface area contributed by atoms with Crippen molar-refractivity contribution in [2.24, 2.45) is 10.5 Å². The summed E-state index contributed by atoms with van der Waals surface area (Å²) in [5, 5.41) is 3.93. The maximum absolute atomic E-state index is 12.0. The molecule has 0 aromatic heterocycles. The van der Waals surface area contributed by atoms with Crippen LogP contribution in [-0.2, 0) is 14.8 Å². The zero-order chi connectivity index (χ0) is 18.5. The third kappa shape index (κ3) is 7.08. The number of nitrogens with zero attached hydrogens (tertiary/aromatic N) is 4. The van der Waals surface area contributed by atoms with Crippen LogP contribution in [0.1, 0.15) is 54.4 Å². The highest BCUT2D eigenvalue weighted by Gasteiger charge is 2.41. The molecular formula is C15H32N4O3S. The molecule has 0 aliphatic heterocycles. The van der Waals surface area contributed by atoms with Crippen molar-refractivity contribution >= 4 is 10.0 Å². The van der Waals surface area contributed by atoms with Crippen molar-refractivity contribution in [3.8, 4) is 0 Å². The van der Waals surface area contributed by atoms with Crippen LogP contribution in [0.25, 0.3) is 10.4 Å². The fourth-order valence-corrected chi connectivity index (χ4v) is 3.58. The topological polar surface area (TPSA) is 95.4 Å². The molecule has 2 unspecified atom stereocenters. The SMILES string of the molecule is CCC(C)(CC(C)(C)C(COC(C)C)N(C)S(C)(=O)=O)N=[N+]=[N-]. The third-order valence-corrected chi connectivity index (χ3v) is 5.64. The Bertz CT molecular complexity index is 527. The van der Waals surface area contributed by atoms with Gasteiger partial charge in [0.25, 0.3) is 0 Å². The van der Waals surface area contributed by atoms with Crippen LogP contribution < -0.4 is 0 Å². The quantitative estimate of drug-likeness (QED) is 0.343. The normalized spacial score (nSPS) is 17.0. The molecule has 0 N–H and O–H groups in total. The Kier molecular flexibility index (Phi) is 8.03. The van der Waals surface area contributed by atoms with Crippen LogP contribution in [0.2, 0.25) is 0 Å². The number of likely N-dealkylation sites (N-methyl/N-ethyl adjacent to an activating group) is 1. The van der Waals surface area contributed by atoms with E-state index in [1.165, 1.54) is 10.6 Å². The van der Waals surface area contributed by atoms with Gasteiger partial charge in [0.2, 0.25) is 10.0 Å².